The largest absolute Gasteiger partial charge is 0.307 e. The lowest BCUT2D eigenvalue weighted by Gasteiger charge is -2.14. The first-order valence-electron chi connectivity index (χ1n) is 5.14. The van der Waals surface area contributed by atoms with Gasteiger partial charge in [0.1, 0.15) is 12.4 Å². The van der Waals surface area contributed by atoms with E-state index in [4.69, 9.17) is 0 Å². The minimum Gasteiger partial charge on any atom is -0.282 e. The Hall–Kier alpha value is -1.25. The third-order valence-electron chi connectivity index (χ3n) is 2.27. The summed E-state index contributed by atoms with van der Waals surface area (Å²) in [6.45, 7) is 1.30. The van der Waals surface area contributed by atoms with Crippen LogP contribution in [0.2, 0.25) is 0 Å². The van der Waals surface area contributed by atoms with Crippen molar-refractivity contribution in [3.8, 4) is 0 Å². The van der Waals surface area contributed by atoms with E-state index in [0.29, 0.717) is 6.67 Å². The average Bonchev–Trinajstić information content (AvgIpc) is 2.88. The third kappa shape index (κ3) is 3.37. The van der Waals surface area contributed by atoms with Crippen LogP contribution in [0.15, 0.2) is 28.3 Å². The second-order valence-electron chi connectivity index (χ2n) is 3.86. The lowest BCUT2D eigenvalue weighted by Crippen LogP contribution is -2.21. The van der Waals surface area contributed by atoms with Gasteiger partial charge < -0.3 is 0 Å². The first kappa shape index (κ1) is 13.2. The molecule has 6 nitrogen and oxygen atoms in total. The van der Waals surface area contributed by atoms with Crippen molar-refractivity contribution in [2.75, 3.05) is 7.05 Å². The van der Waals surface area contributed by atoms with Crippen LogP contribution in [-0.2, 0) is 13.2 Å². The van der Waals surface area contributed by atoms with Crippen LogP contribution in [0.25, 0.3) is 0 Å². The Morgan fingerprint density at radius 3 is 2.94 bits per heavy atom. The smallest absolute Gasteiger partial charge is 0.282 e. The van der Waals surface area contributed by atoms with Crippen molar-refractivity contribution in [3.63, 3.8) is 0 Å². The highest BCUT2D eigenvalue weighted by molar-refractivity contribution is 9.11. The molecule has 96 valence electrons. The van der Waals surface area contributed by atoms with Crippen molar-refractivity contribution in [1.82, 2.24) is 14.7 Å². The highest BCUT2D eigenvalue weighted by Crippen LogP contribution is 2.23. The number of hydrogen-bond acceptors (Lipinski definition) is 5. The molecule has 0 unspecified atom stereocenters. The summed E-state index contributed by atoms with van der Waals surface area (Å²) in [4.78, 5) is 13.3. The van der Waals surface area contributed by atoms with Crippen LogP contribution in [0.1, 0.15) is 4.88 Å². The minimum absolute atomic E-state index is 0.0160. The Bertz CT molecular complexity index is 554. The lowest BCUT2D eigenvalue weighted by molar-refractivity contribution is -0.385. The third-order valence-corrected chi connectivity index (χ3v) is 3.88. The topological polar surface area (TPSA) is 64.2 Å². The van der Waals surface area contributed by atoms with Gasteiger partial charge in [0, 0.05) is 11.4 Å². The molecular formula is C10H11BrN4O2S. The molecule has 0 atom stereocenters. The number of nitrogens with zero attached hydrogens (tertiary/aromatic N) is 4. The van der Waals surface area contributed by atoms with Crippen LogP contribution >= 0.6 is 27.3 Å². The Kier molecular flexibility index (Phi) is 4.10. The van der Waals surface area contributed by atoms with Gasteiger partial charge in [0.05, 0.1) is 15.4 Å². The van der Waals surface area contributed by atoms with Crippen molar-refractivity contribution in [3.05, 3.63) is 43.3 Å². The van der Waals surface area contributed by atoms with Gasteiger partial charge in [-0.15, -0.1) is 11.3 Å². The zero-order valence-corrected chi connectivity index (χ0v) is 12.0. The fourth-order valence-electron chi connectivity index (χ4n) is 1.52. The molecule has 0 spiro atoms. The number of halogens is 1. The molecule has 0 aliphatic carbocycles. The molecule has 0 amide bonds. The summed E-state index contributed by atoms with van der Waals surface area (Å²) in [5.41, 5.74) is 0.0160. The van der Waals surface area contributed by atoms with E-state index in [1.54, 1.807) is 16.0 Å². The van der Waals surface area contributed by atoms with Crippen LogP contribution in [0.3, 0.4) is 0 Å². The fraction of sp³-hybridized carbons (Fsp3) is 0.300. The molecule has 0 aliphatic rings. The van der Waals surface area contributed by atoms with Gasteiger partial charge >= 0.3 is 5.69 Å². The molecule has 2 rings (SSSR count). The Morgan fingerprint density at radius 1 is 1.61 bits per heavy atom. The molecule has 0 aliphatic heterocycles. The van der Waals surface area contributed by atoms with E-state index in [9.17, 15) is 10.1 Å². The Labute approximate surface area is 116 Å². The van der Waals surface area contributed by atoms with Crippen molar-refractivity contribution < 1.29 is 4.92 Å². The quantitative estimate of drug-likeness (QED) is 0.624. The highest BCUT2D eigenvalue weighted by Gasteiger charge is 2.10. The molecule has 0 fully saturated rings. The monoisotopic (exact) mass is 330 g/mol. The van der Waals surface area contributed by atoms with Crippen LogP contribution in [0, 0.1) is 10.1 Å². The maximum absolute atomic E-state index is 10.5. The molecule has 0 radical (unpaired) electrons. The summed E-state index contributed by atoms with van der Waals surface area (Å²) < 4.78 is 2.65. The van der Waals surface area contributed by atoms with Crippen LogP contribution in [0.4, 0.5) is 5.69 Å². The van der Waals surface area contributed by atoms with Crippen LogP contribution < -0.4 is 0 Å². The van der Waals surface area contributed by atoms with E-state index in [1.807, 2.05) is 18.0 Å². The molecule has 8 heteroatoms. The molecule has 0 saturated carbocycles. The summed E-state index contributed by atoms with van der Waals surface area (Å²) in [6, 6.07) is 4.06. The number of thiophene rings is 1. The molecule has 0 N–H and O–H groups in total. The molecule has 0 aromatic carbocycles. The Balaban J connectivity index is 1.94. The van der Waals surface area contributed by atoms with Crippen molar-refractivity contribution in [2.24, 2.45) is 0 Å². The second-order valence-corrected chi connectivity index (χ2v) is 6.40. The van der Waals surface area contributed by atoms with Crippen molar-refractivity contribution in [1.29, 1.82) is 0 Å². The number of hydrogen-bond donors (Lipinski definition) is 0. The average molecular weight is 331 g/mol. The van der Waals surface area contributed by atoms with Gasteiger partial charge in [0.15, 0.2) is 0 Å². The summed E-state index contributed by atoms with van der Waals surface area (Å²) >= 11 is 5.09. The Morgan fingerprint density at radius 2 is 2.39 bits per heavy atom. The maximum atomic E-state index is 10.5. The van der Waals surface area contributed by atoms with Crippen LogP contribution in [0.5, 0.6) is 0 Å². The lowest BCUT2D eigenvalue weighted by atomic mass is 10.4. The van der Waals surface area contributed by atoms with Gasteiger partial charge in [-0.25, -0.2) is 0 Å². The molecule has 0 saturated heterocycles. The number of rotatable bonds is 5. The van der Waals surface area contributed by atoms with Gasteiger partial charge in [0.2, 0.25) is 0 Å². The molecule has 2 heterocycles. The predicted octanol–water partition coefficient (Wildman–Crippen LogP) is 2.70. The summed E-state index contributed by atoms with van der Waals surface area (Å²) in [6.07, 6.45) is 2.69. The van der Waals surface area contributed by atoms with Gasteiger partial charge in [-0.2, -0.15) is 5.10 Å². The van der Waals surface area contributed by atoms with Gasteiger partial charge in [0.25, 0.3) is 0 Å². The van der Waals surface area contributed by atoms with Gasteiger partial charge in [-0.3, -0.25) is 19.7 Å². The fourth-order valence-corrected chi connectivity index (χ4v) is 3.09. The van der Waals surface area contributed by atoms with E-state index in [2.05, 4.69) is 27.1 Å². The van der Waals surface area contributed by atoms with Crippen molar-refractivity contribution >= 4 is 33.0 Å². The highest BCUT2D eigenvalue weighted by atomic mass is 79.9. The molecule has 18 heavy (non-hydrogen) atoms. The zero-order chi connectivity index (χ0) is 13.1. The van der Waals surface area contributed by atoms with Crippen LogP contribution in [-0.4, -0.2) is 26.7 Å². The molecule has 2 aromatic heterocycles. The predicted molar refractivity (Wildman–Crippen MR) is 72.4 cm³/mol. The summed E-state index contributed by atoms with van der Waals surface area (Å²) in [5.74, 6) is 0. The summed E-state index contributed by atoms with van der Waals surface area (Å²) in [7, 11) is 1.95. The van der Waals surface area contributed by atoms with Crippen molar-refractivity contribution in [2.45, 2.75) is 13.2 Å². The van der Waals surface area contributed by atoms with E-state index in [1.165, 1.54) is 17.3 Å². The normalized spacial score (nSPS) is 11.1. The standard InChI is InChI=1S/C10H11BrN4O2S/c1-13(6-9-2-3-10(11)18-9)7-14-5-8(4-12-14)15(16)17/h2-5H,6-7H2,1H3. The molecule has 0 bridgehead atoms. The number of nitro groups is 1. The van der Waals surface area contributed by atoms with Gasteiger partial charge in [-0.1, -0.05) is 0 Å². The SMILES string of the molecule is CN(Cc1ccc(Br)s1)Cn1cc([N+](=O)[O-])cn1. The molecular weight excluding hydrogens is 320 g/mol. The van der Waals surface area contributed by atoms with E-state index in [-0.39, 0.29) is 5.69 Å². The number of aromatic nitrogens is 2. The first-order valence-corrected chi connectivity index (χ1v) is 6.75. The van der Waals surface area contributed by atoms with Gasteiger partial charge in [-0.05, 0) is 35.1 Å². The van der Waals surface area contributed by atoms with E-state index in [0.717, 1.165) is 10.3 Å². The second kappa shape index (κ2) is 5.59. The molecule has 2 aromatic rings. The summed E-state index contributed by atoms with van der Waals surface area (Å²) in [5, 5.41) is 14.5. The van der Waals surface area contributed by atoms with E-state index >= 15 is 0 Å². The van der Waals surface area contributed by atoms with E-state index < -0.39 is 4.92 Å². The maximum Gasteiger partial charge on any atom is 0.307 e. The minimum atomic E-state index is -0.445. The zero-order valence-electron chi connectivity index (χ0n) is 9.62. The first-order chi connectivity index (χ1) is 8.54.